The molecule has 0 aliphatic carbocycles. The second-order valence-corrected chi connectivity index (χ2v) is 6.46. The molecule has 3 rings (SSSR count). The lowest BCUT2D eigenvalue weighted by Crippen LogP contribution is -2.27. The highest BCUT2D eigenvalue weighted by Crippen LogP contribution is 2.33. The molecular weight excluding hydrogens is 356 g/mol. The molecule has 2 amide bonds. The summed E-state index contributed by atoms with van der Waals surface area (Å²) in [5, 5.41) is 10.3. The minimum absolute atomic E-state index is 0.0340. The van der Waals surface area contributed by atoms with E-state index in [2.05, 4.69) is 0 Å². The Morgan fingerprint density at radius 3 is 2.58 bits per heavy atom. The SMILES string of the molecule is COc1cccc(CN2C(=O)SC(=Cc3ccc([N+](=O)[O-])cc3)C2=O)c1. The third-order valence-corrected chi connectivity index (χ3v) is 4.66. The summed E-state index contributed by atoms with van der Waals surface area (Å²) in [6.07, 6.45) is 1.56. The topological polar surface area (TPSA) is 89.8 Å². The Bertz CT molecular complexity index is 908. The largest absolute Gasteiger partial charge is 0.497 e. The molecule has 1 fully saturated rings. The van der Waals surface area contributed by atoms with Gasteiger partial charge in [0.2, 0.25) is 0 Å². The van der Waals surface area contributed by atoms with Crippen LogP contribution >= 0.6 is 11.8 Å². The van der Waals surface area contributed by atoms with Crippen molar-refractivity contribution in [3.63, 3.8) is 0 Å². The Labute approximate surface area is 153 Å². The van der Waals surface area contributed by atoms with Crippen molar-refractivity contribution in [1.29, 1.82) is 0 Å². The zero-order chi connectivity index (χ0) is 18.7. The Morgan fingerprint density at radius 2 is 1.92 bits per heavy atom. The number of carbonyl (C=O) groups excluding carboxylic acids is 2. The summed E-state index contributed by atoms with van der Waals surface area (Å²) >= 11 is 0.850. The maximum absolute atomic E-state index is 12.5. The summed E-state index contributed by atoms with van der Waals surface area (Å²) in [6.45, 7) is 0.152. The van der Waals surface area contributed by atoms with Crippen LogP contribution in [0, 0.1) is 10.1 Å². The summed E-state index contributed by atoms with van der Waals surface area (Å²) in [5.74, 6) is 0.261. The molecule has 1 heterocycles. The van der Waals surface area contributed by atoms with Gasteiger partial charge in [-0.1, -0.05) is 12.1 Å². The van der Waals surface area contributed by atoms with Crippen molar-refractivity contribution >= 4 is 34.7 Å². The number of methoxy groups -OCH3 is 1. The molecule has 1 aliphatic rings. The summed E-state index contributed by atoms with van der Waals surface area (Å²) in [5.41, 5.74) is 1.36. The van der Waals surface area contributed by atoms with Crippen molar-refractivity contribution in [3.8, 4) is 5.75 Å². The van der Waals surface area contributed by atoms with Crippen LogP contribution in [0.5, 0.6) is 5.75 Å². The number of ether oxygens (including phenoxy) is 1. The van der Waals surface area contributed by atoms with Gasteiger partial charge in [-0.2, -0.15) is 0 Å². The second kappa shape index (κ2) is 7.40. The zero-order valence-corrected chi connectivity index (χ0v) is 14.6. The van der Waals surface area contributed by atoms with Crippen molar-refractivity contribution in [1.82, 2.24) is 4.90 Å². The maximum Gasteiger partial charge on any atom is 0.293 e. The Balaban J connectivity index is 1.78. The number of hydrogen-bond donors (Lipinski definition) is 0. The number of rotatable bonds is 5. The van der Waals surface area contributed by atoms with E-state index in [1.165, 1.54) is 24.3 Å². The van der Waals surface area contributed by atoms with Gasteiger partial charge in [-0.05, 0) is 53.2 Å². The molecule has 0 spiro atoms. The van der Waals surface area contributed by atoms with Crippen LogP contribution in [0.1, 0.15) is 11.1 Å². The number of nitrogens with zero attached hydrogens (tertiary/aromatic N) is 2. The molecule has 0 atom stereocenters. The van der Waals surface area contributed by atoms with Crippen LogP contribution < -0.4 is 4.74 Å². The molecular formula is C18H14N2O5S. The fraction of sp³-hybridized carbons (Fsp3) is 0.111. The van der Waals surface area contributed by atoms with E-state index in [0.29, 0.717) is 11.3 Å². The highest BCUT2D eigenvalue weighted by atomic mass is 32.2. The third kappa shape index (κ3) is 3.75. The van der Waals surface area contributed by atoms with Gasteiger partial charge in [0, 0.05) is 12.1 Å². The van der Waals surface area contributed by atoms with E-state index in [1.807, 2.05) is 6.07 Å². The zero-order valence-electron chi connectivity index (χ0n) is 13.7. The molecule has 0 bridgehead atoms. The van der Waals surface area contributed by atoms with Crippen LogP contribution in [0.4, 0.5) is 10.5 Å². The van der Waals surface area contributed by atoms with Crippen molar-refractivity contribution in [2.45, 2.75) is 6.54 Å². The number of thioether (sulfide) groups is 1. The maximum atomic E-state index is 12.5. The molecule has 1 aliphatic heterocycles. The average molecular weight is 370 g/mol. The quantitative estimate of drug-likeness (QED) is 0.451. The molecule has 26 heavy (non-hydrogen) atoms. The standard InChI is InChI=1S/C18H14N2O5S/c1-25-15-4-2-3-13(9-15)11-19-17(21)16(26-18(19)22)10-12-5-7-14(8-6-12)20(23)24/h2-10H,11H2,1H3. The summed E-state index contributed by atoms with van der Waals surface area (Å²) in [7, 11) is 1.55. The van der Waals surface area contributed by atoms with Gasteiger partial charge in [-0.3, -0.25) is 24.6 Å². The lowest BCUT2D eigenvalue weighted by molar-refractivity contribution is -0.384. The van der Waals surface area contributed by atoms with Gasteiger partial charge in [-0.25, -0.2) is 0 Å². The number of carbonyl (C=O) groups is 2. The van der Waals surface area contributed by atoms with Gasteiger partial charge in [0.25, 0.3) is 16.8 Å². The lowest BCUT2D eigenvalue weighted by Gasteiger charge is -2.13. The number of imide groups is 1. The Hall–Kier alpha value is -3.13. The molecule has 0 aromatic heterocycles. The second-order valence-electron chi connectivity index (χ2n) is 5.47. The van der Waals surface area contributed by atoms with Crippen LogP contribution in [0.25, 0.3) is 6.08 Å². The van der Waals surface area contributed by atoms with Crippen LogP contribution in [0.2, 0.25) is 0 Å². The minimum atomic E-state index is -0.494. The van der Waals surface area contributed by atoms with Gasteiger partial charge in [-0.15, -0.1) is 0 Å². The molecule has 2 aromatic carbocycles. The minimum Gasteiger partial charge on any atom is -0.497 e. The molecule has 8 heteroatoms. The molecule has 7 nitrogen and oxygen atoms in total. The van der Waals surface area contributed by atoms with E-state index < -0.39 is 4.92 Å². The number of amides is 2. The third-order valence-electron chi connectivity index (χ3n) is 3.75. The van der Waals surface area contributed by atoms with Crippen molar-refractivity contribution in [2.75, 3.05) is 7.11 Å². The first-order valence-electron chi connectivity index (χ1n) is 7.60. The van der Waals surface area contributed by atoms with Gasteiger partial charge in [0.05, 0.1) is 23.5 Å². The average Bonchev–Trinajstić information content (AvgIpc) is 2.90. The van der Waals surface area contributed by atoms with E-state index in [0.717, 1.165) is 22.2 Å². The predicted octanol–water partition coefficient (Wildman–Crippen LogP) is 3.84. The molecule has 0 unspecified atom stereocenters. The van der Waals surface area contributed by atoms with E-state index >= 15 is 0 Å². The summed E-state index contributed by atoms with van der Waals surface area (Å²) < 4.78 is 5.15. The van der Waals surface area contributed by atoms with Gasteiger partial charge in [0.1, 0.15) is 5.75 Å². The van der Waals surface area contributed by atoms with Gasteiger partial charge in [0.15, 0.2) is 0 Å². The first-order chi connectivity index (χ1) is 12.5. The summed E-state index contributed by atoms with van der Waals surface area (Å²) in [6, 6.07) is 12.9. The molecule has 2 aromatic rings. The van der Waals surface area contributed by atoms with Gasteiger partial charge < -0.3 is 4.74 Å². The highest BCUT2D eigenvalue weighted by Gasteiger charge is 2.35. The van der Waals surface area contributed by atoms with Crippen molar-refractivity contribution in [2.24, 2.45) is 0 Å². The molecule has 0 saturated carbocycles. The number of hydrogen-bond acceptors (Lipinski definition) is 6. The van der Waals surface area contributed by atoms with Crippen LogP contribution in [-0.4, -0.2) is 28.1 Å². The van der Waals surface area contributed by atoms with E-state index in [-0.39, 0.29) is 28.3 Å². The molecule has 0 radical (unpaired) electrons. The highest BCUT2D eigenvalue weighted by molar-refractivity contribution is 8.18. The smallest absolute Gasteiger partial charge is 0.293 e. The fourth-order valence-electron chi connectivity index (χ4n) is 2.43. The molecule has 0 N–H and O–H groups in total. The lowest BCUT2D eigenvalue weighted by atomic mass is 10.2. The normalized spacial score (nSPS) is 15.6. The predicted molar refractivity (Wildman–Crippen MR) is 97.6 cm³/mol. The van der Waals surface area contributed by atoms with E-state index in [4.69, 9.17) is 4.74 Å². The molecule has 132 valence electrons. The number of nitro benzene ring substituents is 1. The summed E-state index contributed by atoms with van der Waals surface area (Å²) in [4.78, 5) is 36.4. The molecule has 1 saturated heterocycles. The fourth-order valence-corrected chi connectivity index (χ4v) is 3.27. The first-order valence-corrected chi connectivity index (χ1v) is 8.42. The Kier molecular flexibility index (Phi) is 5.04. The van der Waals surface area contributed by atoms with Crippen LogP contribution in [0.15, 0.2) is 53.4 Å². The number of benzene rings is 2. The Morgan fingerprint density at radius 1 is 1.19 bits per heavy atom. The number of nitro groups is 1. The van der Waals surface area contributed by atoms with Gasteiger partial charge >= 0.3 is 0 Å². The van der Waals surface area contributed by atoms with Crippen LogP contribution in [0.3, 0.4) is 0 Å². The number of non-ortho nitro benzene ring substituents is 1. The monoisotopic (exact) mass is 370 g/mol. The first kappa shape index (κ1) is 17.7. The van der Waals surface area contributed by atoms with E-state index in [9.17, 15) is 19.7 Å². The van der Waals surface area contributed by atoms with Crippen molar-refractivity contribution < 1.29 is 19.2 Å². The van der Waals surface area contributed by atoms with Crippen molar-refractivity contribution in [3.05, 3.63) is 74.7 Å². The van der Waals surface area contributed by atoms with E-state index in [1.54, 1.807) is 31.4 Å². The van der Waals surface area contributed by atoms with Crippen LogP contribution in [-0.2, 0) is 11.3 Å².